The Morgan fingerprint density at radius 3 is 2.45 bits per heavy atom. The summed E-state index contributed by atoms with van der Waals surface area (Å²) in [5, 5.41) is 2.73. The number of carbonyl (C=O) groups is 1. The predicted molar refractivity (Wildman–Crippen MR) is 44.9 cm³/mol. The van der Waals surface area contributed by atoms with E-state index in [1.54, 1.807) is 0 Å². The maximum Gasteiger partial charge on any atom is 0.221 e. The van der Waals surface area contributed by atoms with Crippen LogP contribution in [0.5, 0.6) is 0 Å². The smallest absolute Gasteiger partial charge is 0.221 e. The van der Waals surface area contributed by atoms with Gasteiger partial charge in [0.25, 0.3) is 0 Å². The van der Waals surface area contributed by atoms with Gasteiger partial charge in [0.2, 0.25) is 5.91 Å². The molecule has 4 nitrogen and oxygen atoms in total. The van der Waals surface area contributed by atoms with Crippen molar-refractivity contribution in [2.45, 2.75) is 32.4 Å². The molecule has 0 rings (SSSR count). The summed E-state index contributed by atoms with van der Waals surface area (Å²) in [6.07, 6.45) is 0.314. The van der Waals surface area contributed by atoms with Gasteiger partial charge in [0.05, 0.1) is 0 Å². The molecule has 1 unspecified atom stereocenters. The van der Waals surface area contributed by atoms with Crippen molar-refractivity contribution in [2.75, 3.05) is 6.54 Å². The first kappa shape index (κ1) is 10.4. The van der Waals surface area contributed by atoms with E-state index in [2.05, 4.69) is 5.32 Å². The average Bonchev–Trinajstić information content (AvgIpc) is 1.85. The van der Waals surface area contributed by atoms with Crippen molar-refractivity contribution in [3.8, 4) is 0 Å². The summed E-state index contributed by atoms with van der Waals surface area (Å²) in [5.74, 6) is -0.0297. The van der Waals surface area contributed by atoms with Crippen LogP contribution in [-0.2, 0) is 4.79 Å². The van der Waals surface area contributed by atoms with E-state index in [1.165, 1.54) is 0 Å². The highest BCUT2D eigenvalue weighted by atomic mass is 16.1. The minimum atomic E-state index is -0.214. The summed E-state index contributed by atoms with van der Waals surface area (Å²) >= 11 is 0. The van der Waals surface area contributed by atoms with Crippen molar-refractivity contribution < 1.29 is 4.79 Å². The summed E-state index contributed by atoms with van der Waals surface area (Å²) in [7, 11) is 0. The number of nitrogens with two attached hydrogens (primary N) is 2. The second kappa shape index (κ2) is 5.09. The third-order valence-electron chi connectivity index (χ3n) is 1.20. The van der Waals surface area contributed by atoms with Gasteiger partial charge in [0, 0.05) is 25.0 Å². The average molecular weight is 159 g/mol. The highest BCUT2D eigenvalue weighted by molar-refractivity contribution is 5.76. The molecule has 0 radical (unpaired) electrons. The van der Waals surface area contributed by atoms with Crippen LogP contribution in [0.15, 0.2) is 0 Å². The van der Waals surface area contributed by atoms with Crippen LogP contribution in [0.2, 0.25) is 0 Å². The standard InChI is InChI=1S/C7H17N3O/c1-5(2)10-7(11)3-6(9)4-8/h5-6H,3-4,8-9H2,1-2H3,(H,10,11). The molecule has 0 saturated carbocycles. The third-order valence-corrected chi connectivity index (χ3v) is 1.20. The van der Waals surface area contributed by atoms with E-state index in [9.17, 15) is 4.79 Å². The molecule has 11 heavy (non-hydrogen) atoms. The minimum Gasteiger partial charge on any atom is -0.354 e. The van der Waals surface area contributed by atoms with Gasteiger partial charge in [-0.15, -0.1) is 0 Å². The van der Waals surface area contributed by atoms with E-state index >= 15 is 0 Å². The van der Waals surface area contributed by atoms with E-state index in [1.807, 2.05) is 13.8 Å². The third kappa shape index (κ3) is 5.82. The van der Waals surface area contributed by atoms with E-state index in [0.29, 0.717) is 13.0 Å². The van der Waals surface area contributed by atoms with Crippen molar-refractivity contribution in [1.29, 1.82) is 0 Å². The van der Waals surface area contributed by atoms with E-state index < -0.39 is 0 Å². The Kier molecular flexibility index (Phi) is 4.81. The van der Waals surface area contributed by atoms with Crippen LogP contribution in [0.25, 0.3) is 0 Å². The van der Waals surface area contributed by atoms with Gasteiger partial charge in [-0.3, -0.25) is 4.79 Å². The Bertz CT molecular complexity index is 125. The molecule has 0 bridgehead atoms. The molecule has 0 aliphatic rings. The summed E-state index contributed by atoms with van der Waals surface area (Å²) in [5.41, 5.74) is 10.7. The summed E-state index contributed by atoms with van der Waals surface area (Å²) in [6.45, 7) is 4.17. The molecule has 1 amide bonds. The van der Waals surface area contributed by atoms with Crippen molar-refractivity contribution in [2.24, 2.45) is 11.5 Å². The lowest BCUT2D eigenvalue weighted by Crippen LogP contribution is -2.38. The largest absolute Gasteiger partial charge is 0.354 e. The van der Waals surface area contributed by atoms with Gasteiger partial charge < -0.3 is 16.8 Å². The van der Waals surface area contributed by atoms with Crippen molar-refractivity contribution in [3.63, 3.8) is 0 Å². The molecule has 0 aromatic rings. The van der Waals surface area contributed by atoms with Gasteiger partial charge in [-0.25, -0.2) is 0 Å². The van der Waals surface area contributed by atoms with Gasteiger partial charge >= 0.3 is 0 Å². The number of rotatable bonds is 4. The molecule has 0 spiro atoms. The van der Waals surface area contributed by atoms with Crippen LogP contribution in [0, 0.1) is 0 Å². The summed E-state index contributed by atoms with van der Waals surface area (Å²) in [6, 6.07) is -0.0405. The van der Waals surface area contributed by atoms with Crippen LogP contribution in [-0.4, -0.2) is 24.5 Å². The number of carbonyl (C=O) groups excluding carboxylic acids is 1. The first-order chi connectivity index (χ1) is 5.06. The van der Waals surface area contributed by atoms with E-state index in [-0.39, 0.29) is 18.0 Å². The monoisotopic (exact) mass is 159 g/mol. The lowest BCUT2D eigenvalue weighted by Gasteiger charge is -2.11. The highest BCUT2D eigenvalue weighted by Crippen LogP contribution is 1.86. The second-order valence-corrected chi connectivity index (χ2v) is 2.92. The fraction of sp³-hybridized carbons (Fsp3) is 0.857. The topological polar surface area (TPSA) is 81.1 Å². The Morgan fingerprint density at radius 2 is 2.09 bits per heavy atom. The normalized spacial score (nSPS) is 13.2. The molecule has 0 aliphatic carbocycles. The van der Waals surface area contributed by atoms with E-state index in [4.69, 9.17) is 11.5 Å². The molecule has 5 N–H and O–H groups in total. The molecule has 0 aromatic heterocycles. The van der Waals surface area contributed by atoms with Gasteiger partial charge in [-0.1, -0.05) is 0 Å². The van der Waals surface area contributed by atoms with Crippen LogP contribution < -0.4 is 16.8 Å². The first-order valence-electron chi connectivity index (χ1n) is 3.81. The number of nitrogens with one attached hydrogen (secondary N) is 1. The highest BCUT2D eigenvalue weighted by Gasteiger charge is 2.07. The van der Waals surface area contributed by atoms with Crippen molar-refractivity contribution in [3.05, 3.63) is 0 Å². The lowest BCUT2D eigenvalue weighted by atomic mass is 10.2. The van der Waals surface area contributed by atoms with Gasteiger partial charge in [-0.05, 0) is 13.8 Å². The molecule has 0 heterocycles. The van der Waals surface area contributed by atoms with Crippen molar-refractivity contribution >= 4 is 5.91 Å². The minimum absolute atomic E-state index is 0.0297. The van der Waals surface area contributed by atoms with Crippen LogP contribution in [0.3, 0.4) is 0 Å². The maximum absolute atomic E-state index is 11.0. The zero-order valence-electron chi connectivity index (χ0n) is 7.13. The molecule has 0 saturated heterocycles. The number of hydrogen-bond acceptors (Lipinski definition) is 3. The predicted octanol–water partition coefficient (Wildman–Crippen LogP) is -0.813. The van der Waals surface area contributed by atoms with Gasteiger partial charge in [0.15, 0.2) is 0 Å². The zero-order valence-corrected chi connectivity index (χ0v) is 7.13. The first-order valence-corrected chi connectivity index (χ1v) is 3.81. The molecule has 0 aliphatic heterocycles. The van der Waals surface area contributed by atoms with Crippen LogP contribution in [0.4, 0.5) is 0 Å². The van der Waals surface area contributed by atoms with Gasteiger partial charge in [-0.2, -0.15) is 0 Å². The quantitative estimate of drug-likeness (QED) is 0.501. The Labute approximate surface area is 67.3 Å². The molecule has 66 valence electrons. The number of amides is 1. The van der Waals surface area contributed by atoms with E-state index in [0.717, 1.165) is 0 Å². The zero-order chi connectivity index (χ0) is 8.85. The van der Waals surface area contributed by atoms with Crippen molar-refractivity contribution in [1.82, 2.24) is 5.32 Å². The molecule has 1 atom stereocenters. The molecule has 0 aromatic carbocycles. The molecular weight excluding hydrogens is 142 g/mol. The fourth-order valence-corrected chi connectivity index (χ4v) is 0.702. The SMILES string of the molecule is CC(C)NC(=O)CC(N)CN. The molecule has 0 fully saturated rings. The fourth-order valence-electron chi connectivity index (χ4n) is 0.702. The number of hydrogen-bond donors (Lipinski definition) is 3. The molecule has 4 heteroatoms. The van der Waals surface area contributed by atoms with Crippen LogP contribution in [0.1, 0.15) is 20.3 Å². The second-order valence-electron chi connectivity index (χ2n) is 2.92. The summed E-state index contributed by atoms with van der Waals surface area (Å²) in [4.78, 5) is 11.0. The summed E-state index contributed by atoms with van der Waals surface area (Å²) < 4.78 is 0. The lowest BCUT2D eigenvalue weighted by molar-refractivity contribution is -0.121. The van der Waals surface area contributed by atoms with Crippen LogP contribution >= 0.6 is 0 Å². The maximum atomic E-state index is 11.0. The Balaban J connectivity index is 3.52. The Morgan fingerprint density at radius 1 is 1.55 bits per heavy atom. The van der Waals surface area contributed by atoms with Gasteiger partial charge in [0.1, 0.15) is 0 Å². The molecular formula is C7H17N3O. The Hall–Kier alpha value is -0.610.